The van der Waals surface area contributed by atoms with Gasteiger partial charge in [0.1, 0.15) is 0 Å². The van der Waals surface area contributed by atoms with Crippen LogP contribution in [0, 0.1) is 0 Å². The predicted molar refractivity (Wildman–Crippen MR) is 130 cm³/mol. The van der Waals surface area contributed by atoms with Gasteiger partial charge in [0.2, 0.25) is 0 Å². The second kappa shape index (κ2) is 10.8. The molecule has 0 saturated carbocycles. The minimum absolute atomic E-state index is 0.0377. The van der Waals surface area contributed by atoms with Crippen molar-refractivity contribution in [3.8, 4) is 0 Å². The number of fused-ring (bicyclic) bond motifs is 1. The largest absolute Gasteiger partial charge is 0.394 e. The molecule has 0 saturated heterocycles. The van der Waals surface area contributed by atoms with Gasteiger partial charge in [-0.05, 0) is 36.4 Å². The summed E-state index contributed by atoms with van der Waals surface area (Å²) < 4.78 is 7.04. The Hall–Kier alpha value is -1.96. The Morgan fingerprint density at radius 1 is 1.06 bits per heavy atom. The monoisotopic (exact) mass is 536 g/mol. The third-order valence-corrected chi connectivity index (χ3v) is 5.92. The average molecular weight is 538 g/mol. The first-order valence-corrected chi connectivity index (χ1v) is 11.7. The molecule has 1 unspecified atom stereocenters. The van der Waals surface area contributed by atoms with Crippen LogP contribution in [0.3, 0.4) is 0 Å². The maximum Gasteiger partial charge on any atom is 0.257 e. The molecule has 1 amide bonds. The fourth-order valence-corrected chi connectivity index (χ4v) is 4.29. The van der Waals surface area contributed by atoms with Crippen molar-refractivity contribution in [1.29, 1.82) is 0 Å². The lowest BCUT2D eigenvalue weighted by atomic mass is 9.93. The van der Waals surface area contributed by atoms with Gasteiger partial charge in [0.25, 0.3) is 5.91 Å². The van der Waals surface area contributed by atoms with Crippen LogP contribution < -0.4 is 0 Å². The molecule has 1 aliphatic heterocycles. The van der Waals surface area contributed by atoms with E-state index in [1.54, 1.807) is 41.4 Å². The lowest BCUT2D eigenvalue weighted by Crippen LogP contribution is -2.47. The summed E-state index contributed by atoms with van der Waals surface area (Å²) in [7, 11) is 0. The summed E-state index contributed by atoms with van der Waals surface area (Å²) >= 11 is 15.5. The van der Waals surface area contributed by atoms with Crippen LogP contribution in [0.2, 0.25) is 10.0 Å². The zero-order valence-corrected chi connectivity index (χ0v) is 20.8. The van der Waals surface area contributed by atoms with Crippen molar-refractivity contribution in [3.05, 3.63) is 97.7 Å². The van der Waals surface area contributed by atoms with E-state index in [1.165, 1.54) is 0 Å². The van der Waals surface area contributed by atoms with Gasteiger partial charge in [0.05, 0.1) is 30.5 Å². The molecule has 0 spiro atoms. The summed E-state index contributed by atoms with van der Waals surface area (Å²) in [4.78, 5) is 19.5. The number of hydrogen-bond acceptors (Lipinski definition) is 4. The summed E-state index contributed by atoms with van der Waals surface area (Å²) in [5, 5.41) is 10.6. The minimum atomic E-state index is -1.23. The van der Waals surface area contributed by atoms with Crippen LogP contribution in [0.1, 0.15) is 41.0 Å². The van der Waals surface area contributed by atoms with Crippen molar-refractivity contribution in [1.82, 2.24) is 9.88 Å². The number of carbonyl (C=O) groups is 1. The van der Waals surface area contributed by atoms with E-state index in [2.05, 4.69) is 20.9 Å². The van der Waals surface area contributed by atoms with Gasteiger partial charge >= 0.3 is 0 Å². The van der Waals surface area contributed by atoms with E-state index in [-0.39, 0.29) is 25.7 Å². The van der Waals surface area contributed by atoms with Crippen LogP contribution in [0.4, 0.5) is 0 Å². The SMILES string of the molecule is CC.O=C1c2cc(Br)ccc2C(OCCO)(c2ccc(Cl)cc2)N1Cc1ccc(Cl)cn1. The zero-order chi connectivity index (χ0) is 23.3. The zero-order valence-electron chi connectivity index (χ0n) is 17.7. The van der Waals surface area contributed by atoms with Crippen LogP contribution in [0.15, 0.2) is 65.3 Å². The molecule has 1 N–H and O–H groups in total. The Balaban J connectivity index is 0.00000141. The second-order valence-electron chi connectivity index (χ2n) is 6.77. The smallest absolute Gasteiger partial charge is 0.257 e. The van der Waals surface area contributed by atoms with Crippen LogP contribution in [-0.4, -0.2) is 34.1 Å². The van der Waals surface area contributed by atoms with E-state index in [0.717, 1.165) is 10.0 Å². The lowest BCUT2D eigenvalue weighted by molar-refractivity contribution is -0.119. The summed E-state index contributed by atoms with van der Waals surface area (Å²) in [6.07, 6.45) is 1.54. The molecule has 0 fully saturated rings. The maximum absolute atomic E-state index is 13.5. The van der Waals surface area contributed by atoms with Gasteiger partial charge in [0.15, 0.2) is 5.72 Å². The molecule has 2 heterocycles. The van der Waals surface area contributed by atoms with Crippen molar-refractivity contribution in [2.75, 3.05) is 13.2 Å². The molecule has 4 rings (SSSR count). The molecule has 3 aromatic rings. The molecule has 1 aromatic heterocycles. The number of carbonyl (C=O) groups excluding carboxylic acids is 1. The van der Waals surface area contributed by atoms with Crippen LogP contribution >= 0.6 is 39.1 Å². The molecule has 0 aliphatic carbocycles. The van der Waals surface area contributed by atoms with Gasteiger partial charge in [0, 0.05) is 32.4 Å². The highest BCUT2D eigenvalue weighted by atomic mass is 79.9. The molecule has 32 heavy (non-hydrogen) atoms. The fraction of sp³-hybridized carbons (Fsp3) is 0.250. The Kier molecular flexibility index (Phi) is 8.31. The highest BCUT2D eigenvalue weighted by molar-refractivity contribution is 9.10. The summed E-state index contributed by atoms with van der Waals surface area (Å²) in [6.45, 7) is 4.04. The molecule has 1 aliphatic rings. The first-order chi connectivity index (χ1) is 15.5. The molecule has 168 valence electrons. The molecular formula is C24H23BrCl2N2O3. The highest BCUT2D eigenvalue weighted by Gasteiger charge is 2.52. The van der Waals surface area contributed by atoms with Crippen LogP contribution in [0.25, 0.3) is 0 Å². The van der Waals surface area contributed by atoms with Crippen LogP contribution in [0.5, 0.6) is 0 Å². The highest BCUT2D eigenvalue weighted by Crippen LogP contribution is 2.46. The number of aliphatic hydroxyl groups excluding tert-OH is 1. The summed E-state index contributed by atoms with van der Waals surface area (Å²) in [6, 6.07) is 16.2. The van der Waals surface area contributed by atoms with Crippen molar-refractivity contribution in [2.24, 2.45) is 0 Å². The lowest BCUT2D eigenvalue weighted by Gasteiger charge is -2.39. The number of hydrogen-bond donors (Lipinski definition) is 1. The second-order valence-corrected chi connectivity index (χ2v) is 8.56. The first kappa shape index (κ1) is 24.7. The molecule has 0 bridgehead atoms. The Morgan fingerprint density at radius 3 is 2.38 bits per heavy atom. The average Bonchev–Trinajstić information content (AvgIpc) is 3.03. The van der Waals surface area contributed by atoms with Gasteiger partial charge in [-0.25, -0.2) is 0 Å². The fourth-order valence-electron chi connectivity index (χ4n) is 3.69. The number of pyridine rings is 1. The number of aromatic nitrogens is 1. The third kappa shape index (κ3) is 4.70. The van der Waals surface area contributed by atoms with Gasteiger partial charge in [-0.3, -0.25) is 14.7 Å². The molecule has 2 aromatic carbocycles. The van der Waals surface area contributed by atoms with E-state index in [4.69, 9.17) is 27.9 Å². The van der Waals surface area contributed by atoms with Gasteiger partial charge in [-0.15, -0.1) is 0 Å². The van der Waals surface area contributed by atoms with Crippen molar-refractivity contribution in [2.45, 2.75) is 26.1 Å². The van der Waals surface area contributed by atoms with Gasteiger partial charge in [-0.2, -0.15) is 0 Å². The standard InChI is InChI=1S/C22H17BrCl2N2O3.C2H6/c23-15-3-8-20-19(11-15)21(29)27(13-18-7-6-17(25)12-26-18)22(20,30-10-9-28)14-1-4-16(24)5-2-14;1-2/h1-8,11-12,28H,9-10,13H2;1-2H3. The minimum Gasteiger partial charge on any atom is -0.394 e. The van der Waals surface area contributed by atoms with Crippen molar-refractivity contribution in [3.63, 3.8) is 0 Å². The normalized spacial score (nSPS) is 17.1. The molecule has 8 heteroatoms. The van der Waals surface area contributed by atoms with Crippen molar-refractivity contribution < 1.29 is 14.6 Å². The van der Waals surface area contributed by atoms with E-state index in [0.29, 0.717) is 26.9 Å². The Morgan fingerprint density at radius 2 is 1.75 bits per heavy atom. The quantitative estimate of drug-likeness (QED) is 0.416. The number of amides is 1. The Bertz CT molecular complexity index is 1080. The number of ether oxygens (including phenoxy) is 1. The molecule has 5 nitrogen and oxygen atoms in total. The first-order valence-electron chi connectivity index (χ1n) is 10.2. The summed E-state index contributed by atoms with van der Waals surface area (Å²) in [5.74, 6) is -0.198. The molecule has 0 radical (unpaired) electrons. The molecule has 1 atom stereocenters. The van der Waals surface area contributed by atoms with E-state index >= 15 is 0 Å². The Labute approximate surface area is 206 Å². The van der Waals surface area contributed by atoms with Crippen molar-refractivity contribution >= 4 is 45.0 Å². The van der Waals surface area contributed by atoms with Gasteiger partial charge < -0.3 is 9.84 Å². The maximum atomic E-state index is 13.5. The third-order valence-electron chi connectivity index (χ3n) is 4.95. The number of halogens is 3. The number of benzene rings is 2. The van der Waals surface area contributed by atoms with Gasteiger partial charge in [-0.1, -0.05) is 71.2 Å². The topological polar surface area (TPSA) is 62.7 Å². The number of aliphatic hydroxyl groups is 1. The van der Waals surface area contributed by atoms with E-state index in [9.17, 15) is 9.90 Å². The summed E-state index contributed by atoms with van der Waals surface area (Å²) in [5.41, 5.74) is 1.36. The van der Waals surface area contributed by atoms with E-state index in [1.807, 2.05) is 38.1 Å². The molecular weight excluding hydrogens is 515 g/mol. The predicted octanol–water partition coefficient (Wildman–Crippen LogP) is 6.04. The van der Waals surface area contributed by atoms with Crippen LogP contribution in [-0.2, 0) is 17.0 Å². The number of rotatable bonds is 6. The van der Waals surface area contributed by atoms with E-state index < -0.39 is 5.72 Å². The number of nitrogens with zero attached hydrogens (tertiary/aromatic N) is 2.